The first-order valence-electron chi connectivity index (χ1n) is 7.07. The van der Waals surface area contributed by atoms with Gasteiger partial charge in [-0.2, -0.15) is 0 Å². The van der Waals surface area contributed by atoms with Crippen molar-refractivity contribution in [2.75, 3.05) is 18.8 Å². The van der Waals surface area contributed by atoms with E-state index < -0.39 is 5.97 Å². The second kappa shape index (κ2) is 8.72. The summed E-state index contributed by atoms with van der Waals surface area (Å²) < 4.78 is 0. The average Bonchev–Trinajstić information content (AvgIpc) is 2.42. The Bertz CT molecular complexity index is 471. The van der Waals surface area contributed by atoms with E-state index in [4.69, 9.17) is 5.11 Å². The molecular formula is C16H23NO3S. The minimum atomic E-state index is -0.872. The van der Waals surface area contributed by atoms with E-state index in [0.29, 0.717) is 18.2 Å². The molecule has 0 fully saturated rings. The molecule has 0 heterocycles. The number of amides is 1. The fourth-order valence-electron chi connectivity index (χ4n) is 1.86. The Morgan fingerprint density at radius 2 is 1.86 bits per heavy atom. The van der Waals surface area contributed by atoms with Crippen molar-refractivity contribution in [3.05, 3.63) is 29.8 Å². The summed E-state index contributed by atoms with van der Waals surface area (Å²) >= 11 is 1.49. The summed E-state index contributed by atoms with van der Waals surface area (Å²) in [6.45, 7) is 6.94. The summed E-state index contributed by atoms with van der Waals surface area (Å²) in [6, 6.07) is 8.03. The standard InChI is InChI=1S/C16H23NO3S/c1-12(2)10-17(9-8-16(19)20)15(18)11-21-14-6-4-13(3)5-7-14/h4-7,12H,8-11H2,1-3H3,(H,19,20). The van der Waals surface area contributed by atoms with E-state index in [0.717, 1.165) is 4.90 Å². The molecule has 5 heteroatoms. The van der Waals surface area contributed by atoms with Crippen molar-refractivity contribution in [3.8, 4) is 0 Å². The van der Waals surface area contributed by atoms with Gasteiger partial charge in [0.15, 0.2) is 0 Å². The van der Waals surface area contributed by atoms with Crippen LogP contribution in [0.25, 0.3) is 0 Å². The number of carbonyl (C=O) groups excluding carboxylic acids is 1. The molecule has 0 unspecified atom stereocenters. The zero-order chi connectivity index (χ0) is 15.8. The average molecular weight is 309 g/mol. The lowest BCUT2D eigenvalue weighted by molar-refractivity contribution is -0.138. The van der Waals surface area contributed by atoms with Crippen LogP contribution in [0.4, 0.5) is 0 Å². The number of carboxylic acids is 1. The normalized spacial score (nSPS) is 10.7. The van der Waals surface area contributed by atoms with Gasteiger partial charge in [-0.25, -0.2) is 0 Å². The van der Waals surface area contributed by atoms with Gasteiger partial charge < -0.3 is 10.0 Å². The number of hydrogen-bond acceptors (Lipinski definition) is 3. The van der Waals surface area contributed by atoms with Crippen molar-refractivity contribution >= 4 is 23.6 Å². The van der Waals surface area contributed by atoms with Crippen LogP contribution in [0.2, 0.25) is 0 Å². The number of thioether (sulfide) groups is 1. The van der Waals surface area contributed by atoms with E-state index in [1.165, 1.54) is 17.3 Å². The number of carboxylic acid groups (broad SMARTS) is 1. The Morgan fingerprint density at radius 3 is 2.38 bits per heavy atom. The highest BCUT2D eigenvalue weighted by Crippen LogP contribution is 2.19. The molecule has 0 aromatic heterocycles. The largest absolute Gasteiger partial charge is 0.481 e. The van der Waals surface area contributed by atoms with E-state index in [1.54, 1.807) is 4.90 Å². The predicted molar refractivity (Wildman–Crippen MR) is 85.6 cm³/mol. The first-order chi connectivity index (χ1) is 9.88. The third-order valence-electron chi connectivity index (χ3n) is 2.92. The van der Waals surface area contributed by atoms with E-state index >= 15 is 0 Å². The molecule has 0 bridgehead atoms. The summed E-state index contributed by atoms with van der Waals surface area (Å²) in [5.74, 6) is -0.208. The molecule has 4 nitrogen and oxygen atoms in total. The topological polar surface area (TPSA) is 57.6 Å². The van der Waals surface area contributed by atoms with Gasteiger partial charge in [0, 0.05) is 18.0 Å². The van der Waals surface area contributed by atoms with Crippen molar-refractivity contribution < 1.29 is 14.7 Å². The number of aliphatic carboxylic acids is 1. The number of aryl methyl sites for hydroxylation is 1. The Hall–Kier alpha value is -1.49. The van der Waals surface area contributed by atoms with Crippen molar-refractivity contribution in [1.82, 2.24) is 4.90 Å². The lowest BCUT2D eigenvalue weighted by atomic mass is 10.2. The monoisotopic (exact) mass is 309 g/mol. The van der Waals surface area contributed by atoms with Crippen LogP contribution >= 0.6 is 11.8 Å². The fourth-order valence-corrected chi connectivity index (χ4v) is 2.66. The molecule has 0 aliphatic carbocycles. The summed E-state index contributed by atoms with van der Waals surface area (Å²) in [4.78, 5) is 25.6. The molecule has 0 radical (unpaired) electrons. The number of rotatable bonds is 8. The van der Waals surface area contributed by atoms with Crippen LogP contribution in [0, 0.1) is 12.8 Å². The second-order valence-electron chi connectivity index (χ2n) is 5.48. The zero-order valence-electron chi connectivity index (χ0n) is 12.8. The molecule has 0 saturated heterocycles. The maximum atomic E-state index is 12.2. The molecule has 21 heavy (non-hydrogen) atoms. The molecule has 116 valence electrons. The lowest BCUT2D eigenvalue weighted by Crippen LogP contribution is -2.37. The van der Waals surface area contributed by atoms with Crippen LogP contribution in [0.5, 0.6) is 0 Å². The van der Waals surface area contributed by atoms with Crippen LogP contribution in [0.3, 0.4) is 0 Å². The van der Waals surface area contributed by atoms with Crippen LogP contribution in [-0.2, 0) is 9.59 Å². The van der Waals surface area contributed by atoms with E-state index in [9.17, 15) is 9.59 Å². The number of nitrogens with zero attached hydrogens (tertiary/aromatic N) is 1. The van der Waals surface area contributed by atoms with Gasteiger partial charge in [0.05, 0.1) is 12.2 Å². The molecule has 1 aromatic rings. The first kappa shape index (κ1) is 17.6. The minimum absolute atomic E-state index is 0.00414. The van der Waals surface area contributed by atoms with E-state index in [2.05, 4.69) is 0 Å². The summed E-state index contributed by atoms with van der Waals surface area (Å²) in [7, 11) is 0. The SMILES string of the molecule is Cc1ccc(SCC(=O)N(CCC(=O)O)CC(C)C)cc1. The third kappa shape index (κ3) is 7.18. The molecule has 0 saturated carbocycles. The molecule has 0 spiro atoms. The van der Waals surface area contributed by atoms with Crippen molar-refractivity contribution in [3.63, 3.8) is 0 Å². The Balaban J connectivity index is 2.54. The first-order valence-corrected chi connectivity index (χ1v) is 8.06. The molecule has 0 aliphatic heterocycles. The minimum Gasteiger partial charge on any atom is -0.481 e. The van der Waals surface area contributed by atoms with Gasteiger partial charge in [0.2, 0.25) is 5.91 Å². The predicted octanol–water partition coefficient (Wildman–Crippen LogP) is 3.05. The number of hydrogen-bond donors (Lipinski definition) is 1. The fraction of sp³-hybridized carbons (Fsp3) is 0.500. The quantitative estimate of drug-likeness (QED) is 0.750. The molecule has 1 N–H and O–H groups in total. The third-order valence-corrected chi connectivity index (χ3v) is 3.91. The summed E-state index contributed by atoms with van der Waals surface area (Å²) in [5.41, 5.74) is 1.19. The van der Waals surface area contributed by atoms with Crippen LogP contribution in [-0.4, -0.2) is 40.7 Å². The maximum absolute atomic E-state index is 12.2. The zero-order valence-corrected chi connectivity index (χ0v) is 13.7. The Morgan fingerprint density at radius 1 is 1.24 bits per heavy atom. The maximum Gasteiger partial charge on any atom is 0.305 e. The van der Waals surface area contributed by atoms with Crippen molar-refractivity contribution in [2.45, 2.75) is 32.1 Å². The van der Waals surface area contributed by atoms with Gasteiger partial charge in [0.25, 0.3) is 0 Å². The molecule has 1 rings (SSSR count). The molecule has 1 aromatic carbocycles. The smallest absolute Gasteiger partial charge is 0.305 e. The van der Waals surface area contributed by atoms with E-state index in [1.807, 2.05) is 45.0 Å². The van der Waals surface area contributed by atoms with E-state index in [-0.39, 0.29) is 18.9 Å². The molecule has 0 aliphatic rings. The number of benzene rings is 1. The van der Waals surface area contributed by atoms with Crippen molar-refractivity contribution in [1.29, 1.82) is 0 Å². The lowest BCUT2D eigenvalue weighted by Gasteiger charge is -2.23. The molecule has 1 amide bonds. The summed E-state index contributed by atoms with van der Waals surface area (Å²) in [6.07, 6.45) is -0.00629. The highest BCUT2D eigenvalue weighted by atomic mass is 32.2. The van der Waals surface area contributed by atoms with Gasteiger partial charge in [-0.3, -0.25) is 9.59 Å². The van der Waals surface area contributed by atoms with Gasteiger partial charge in [0.1, 0.15) is 0 Å². The van der Waals surface area contributed by atoms with Gasteiger partial charge >= 0.3 is 5.97 Å². The summed E-state index contributed by atoms with van der Waals surface area (Å²) in [5, 5.41) is 8.77. The Labute approximate surface area is 130 Å². The van der Waals surface area contributed by atoms with Crippen LogP contribution in [0.1, 0.15) is 25.8 Å². The van der Waals surface area contributed by atoms with Crippen molar-refractivity contribution in [2.24, 2.45) is 5.92 Å². The van der Waals surface area contributed by atoms with Gasteiger partial charge in [-0.05, 0) is 25.0 Å². The highest BCUT2D eigenvalue weighted by Gasteiger charge is 2.16. The van der Waals surface area contributed by atoms with Crippen LogP contribution in [0.15, 0.2) is 29.2 Å². The molecular weight excluding hydrogens is 286 g/mol. The molecule has 0 atom stereocenters. The van der Waals surface area contributed by atoms with Crippen LogP contribution < -0.4 is 0 Å². The second-order valence-corrected chi connectivity index (χ2v) is 6.53. The van der Waals surface area contributed by atoms with Gasteiger partial charge in [-0.1, -0.05) is 31.5 Å². The van der Waals surface area contributed by atoms with Gasteiger partial charge in [-0.15, -0.1) is 11.8 Å². The highest BCUT2D eigenvalue weighted by molar-refractivity contribution is 8.00. The Kier molecular flexibility index (Phi) is 7.29. The number of carbonyl (C=O) groups is 2.